The van der Waals surface area contributed by atoms with Crippen LogP contribution in [-0.4, -0.2) is 30.1 Å². The molecule has 6 heteroatoms. The van der Waals surface area contributed by atoms with E-state index in [0.29, 0.717) is 25.4 Å². The third-order valence-corrected chi connectivity index (χ3v) is 2.22. The van der Waals surface area contributed by atoms with Gasteiger partial charge in [0.05, 0.1) is 0 Å². The molecular weight excluding hydrogens is 224 g/mol. The van der Waals surface area contributed by atoms with E-state index in [1.807, 2.05) is 0 Å². The second-order valence-corrected chi connectivity index (χ2v) is 3.66. The van der Waals surface area contributed by atoms with Crippen LogP contribution in [0.3, 0.4) is 0 Å². The summed E-state index contributed by atoms with van der Waals surface area (Å²) in [4.78, 5) is 21.2. The molecule has 0 fully saturated rings. The molecule has 0 spiro atoms. The fraction of sp³-hybridized carbons (Fsp3) is 0.455. The molecule has 0 unspecified atom stereocenters. The molecule has 0 aliphatic rings. The van der Waals surface area contributed by atoms with Crippen LogP contribution >= 0.6 is 0 Å². The summed E-state index contributed by atoms with van der Waals surface area (Å²) < 4.78 is 5.06. The van der Waals surface area contributed by atoms with Crippen molar-refractivity contribution >= 4 is 11.9 Å². The number of carbonyl (C=O) groups is 2. The monoisotopic (exact) mass is 240 g/mol. The standard InChI is InChI=1S/C11H16N2O4/c1-7-9(5-10(17-7)11(15)16)6-12-3-4-13-8(2)14/h5,12H,3-4,6H2,1-2H3,(H,13,14)(H,15,16). The van der Waals surface area contributed by atoms with Crippen LogP contribution in [0.2, 0.25) is 0 Å². The summed E-state index contributed by atoms with van der Waals surface area (Å²) >= 11 is 0. The summed E-state index contributed by atoms with van der Waals surface area (Å²) in [5.41, 5.74) is 0.810. The molecule has 17 heavy (non-hydrogen) atoms. The van der Waals surface area contributed by atoms with Gasteiger partial charge < -0.3 is 20.2 Å². The predicted octanol–water partition coefficient (Wildman–Crippen LogP) is 0.512. The topological polar surface area (TPSA) is 91.6 Å². The van der Waals surface area contributed by atoms with Crippen LogP contribution in [0.25, 0.3) is 0 Å². The van der Waals surface area contributed by atoms with Gasteiger partial charge in [0.1, 0.15) is 5.76 Å². The number of carbonyl (C=O) groups excluding carboxylic acids is 1. The molecule has 0 saturated carbocycles. The first-order valence-electron chi connectivity index (χ1n) is 5.28. The SMILES string of the molecule is CC(=O)NCCNCc1cc(C(=O)O)oc1C. The van der Waals surface area contributed by atoms with Crippen molar-refractivity contribution in [1.82, 2.24) is 10.6 Å². The lowest BCUT2D eigenvalue weighted by molar-refractivity contribution is -0.118. The summed E-state index contributed by atoms with van der Waals surface area (Å²) in [6.07, 6.45) is 0. The molecule has 0 saturated heterocycles. The highest BCUT2D eigenvalue weighted by atomic mass is 16.4. The fourth-order valence-electron chi connectivity index (χ4n) is 1.35. The highest BCUT2D eigenvalue weighted by molar-refractivity contribution is 5.84. The van der Waals surface area contributed by atoms with E-state index >= 15 is 0 Å². The molecule has 1 rings (SSSR count). The van der Waals surface area contributed by atoms with Crippen LogP contribution in [0.4, 0.5) is 0 Å². The number of amides is 1. The molecule has 1 amide bonds. The molecule has 0 atom stereocenters. The second-order valence-electron chi connectivity index (χ2n) is 3.66. The van der Waals surface area contributed by atoms with Gasteiger partial charge in [-0.05, 0) is 13.0 Å². The number of carboxylic acid groups (broad SMARTS) is 1. The lowest BCUT2D eigenvalue weighted by Crippen LogP contribution is -2.29. The van der Waals surface area contributed by atoms with E-state index in [2.05, 4.69) is 10.6 Å². The number of nitrogens with one attached hydrogen (secondary N) is 2. The van der Waals surface area contributed by atoms with Crippen LogP contribution in [0.5, 0.6) is 0 Å². The fourth-order valence-corrected chi connectivity index (χ4v) is 1.35. The molecule has 6 nitrogen and oxygen atoms in total. The molecule has 1 heterocycles. The predicted molar refractivity (Wildman–Crippen MR) is 60.8 cm³/mol. The van der Waals surface area contributed by atoms with Crippen LogP contribution in [0.1, 0.15) is 28.8 Å². The third-order valence-electron chi connectivity index (χ3n) is 2.22. The maximum absolute atomic E-state index is 10.7. The van der Waals surface area contributed by atoms with E-state index in [1.54, 1.807) is 6.92 Å². The number of hydrogen-bond donors (Lipinski definition) is 3. The van der Waals surface area contributed by atoms with Crippen LogP contribution in [0.15, 0.2) is 10.5 Å². The molecule has 0 aromatic carbocycles. The molecule has 1 aromatic heterocycles. The Morgan fingerprint density at radius 2 is 2.12 bits per heavy atom. The van der Waals surface area contributed by atoms with Gasteiger partial charge in [0.2, 0.25) is 11.7 Å². The zero-order valence-electron chi connectivity index (χ0n) is 9.87. The quantitative estimate of drug-likeness (QED) is 0.630. The van der Waals surface area contributed by atoms with Crippen molar-refractivity contribution in [2.75, 3.05) is 13.1 Å². The van der Waals surface area contributed by atoms with Gasteiger partial charge in [-0.1, -0.05) is 0 Å². The van der Waals surface area contributed by atoms with Crippen LogP contribution in [0, 0.1) is 6.92 Å². The Morgan fingerprint density at radius 3 is 2.65 bits per heavy atom. The first-order chi connectivity index (χ1) is 8.00. The molecule has 0 radical (unpaired) electrons. The highest BCUT2D eigenvalue weighted by Gasteiger charge is 2.12. The van der Waals surface area contributed by atoms with E-state index in [1.165, 1.54) is 13.0 Å². The number of aromatic carboxylic acids is 1. The highest BCUT2D eigenvalue weighted by Crippen LogP contribution is 2.14. The number of carboxylic acids is 1. The normalized spacial score (nSPS) is 10.2. The van der Waals surface area contributed by atoms with Gasteiger partial charge in [-0.3, -0.25) is 4.79 Å². The van der Waals surface area contributed by atoms with Gasteiger partial charge in [-0.25, -0.2) is 4.79 Å². The van der Waals surface area contributed by atoms with E-state index in [9.17, 15) is 9.59 Å². The minimum atomic E-state index is -1.07. The summed E-state index contributed by atoms with van der Waals surface area (Å²) in [5, 5.41) is 14.5. The van der Waals surface area contributed by atoms with Crippen molar-refractivity contribution in [3.05, 3.63) is 23.2 Å². The maximum atomic E-state index is 10.7. The Labute approximate surface area is 99.0 Å². The van der Waals surface area contributed by atoms with E-state index in [0.717, 1.165) is 5.56 Å². The van der Waals surface area contributed by atoms with Crippen LogP contribution in [-0.2, 0) is 11.3 Å². The van der Waals surface area contributed by atoms with Gasteiger partial charge in [0.25, 0.3) is 0 Å². The van der Waals surface area contributed by atoms with Gasteiger partial charge in [0, 0.05) is 32.1 Å². The van der Waals surface area contributed by atoms with Crippen molar-refractivity contribution in [3.63, 3.8) is 0 Å². The van der Waals surface area contributed by atoms with Gasteiger partial charge in [0.15, 0.2) is 0 Å². The van der Waals surface area contributed by atoms with Crippen molar-refractivity contribution < 1.29 is 19.1 Å². The summed E-state index contributed by atoms with van der Waals surface area (Å²) in [6, 6.07) is 1.50. The minimum absolute atomic E-state index is 0.0545. The molecule has 3 N–H and O–H groups in total. The van der Waals surface area contributed by atoms with Crippen molar-refractivity contribution in [2.24, 2.45) is 0 Å². The molecule has 0 aliphatic heterocycles. The Bertz CT molecular complexity index is 412. The molecular formula is C11H16N2O4. The smallest absolute Gasteiger partial charge is 0.371 e. The second kappa shape index (κ2) is 6.05. The Balaban J connectivity index is 2.36. The summed E-state index contributed by atoms with van der Waals surface area (Å²) in [7, 11) is 0. The number of hydrogen-bond acceptors (Lipinski definition) is 4. The number of rotatable bonds is 6. The Hall–Kier alpha value is -1.82. The van der Waals surface area contributed by atoms with Crippen molar-refractivity contribution in [2.45, 2.75) is 20.4 Å². The molecule has 1 aromatic rings. The summed E-state index contributed by atoms with van der Waals surface area (Å²) in [6.45, 7) is 4.85. The van der Waals surface area contributed by atoms with Gasteiger partial charge in [-0.15, -0.1) is 0 Å². The first-order valence-corrected chi connectivity index (χ1v) is 5.28. The largest absolute Gasteiger partial charge is 0.475 e. The van der Waals surface area contributed by atoms with Crippen LogP contribution < -0.4 is 10.6 Å². The summed E-state index contributed by atoms with van der Waals surface area (Å²) in [5.74, 6) is -0.604. The lowest BCUT2D eigenvalue weighted by Gasteiger charge is -2.04. The molecule has 0 aliphatic carbocycles. The van der Waals surface area contributed by atoms with Gasteiger partial charge in [-0.2, -0.15) is 0 Å². The number of aryl methyl sites for hydroxylation is 1. The van der Waals surface area contributed by atoms with Crippen molar-refractivity contribution in [1.29, 1.82) is 0 Å². The Morgan fingerprint density at radius 1 is 1.41 bits per heavy atom. The lowest BCUT2D eigenvalue weighted by atomic mass is 10.2. The van der Waals surface area contributed by atoms with E-state index < -0.39 is 5.97 Å². The number of furan rings is 1. The first kappa shape index (κ1) is 13.2. The van der Waals surface area contributed by atoms with E-state index in [4.69, 9.17) is 9.52 Å². The zero-order chi connectivity index (χ0) is 12.8. The van der Waals surface area contributed by atoms with Gasteiger partial charge >= 0.3 is 5.97 Å². The zero-order valence-corrected chi connectivity index (χ0v) is 9.87. The van der Waals surface area contributed by atoms with Crippen molar-refractivity contribution in [3.8, 4) is 0 Å². The average molecular weight is 240 g/mol. The average Bonchev–Trinajstić information content (AvgIpc) is 2.59. The van der Waals surface area contributed by atoms with E-state index in [-0.39, 0.29) is 11.7 Å². The third kappa shape index (κ3) is 4.28. The molecule has 94 valence electrons. The maximum Gasteiger partial charge on any atom is 0.371 e. The molecule has 0 bridgehead atoms. The minimum Gasteiger partial charge on any atom is -0.475 e. The Kier molecular flexibility index (Phi) is 4.71.